The molecule has 2 atom stereocenters. The largest absolute Gasteiger partial charge is 0.448 e. The van der Waals surface area contributed by atoms with Crippen LogP contribution >= 0.6 is 0 Å². The van der Waals surface area contributed by atoms with E-state index in [4.69, 9.17) is 4.74 Å². The van der Waals surface area contributed by atoms with Gasteiger partial charge in [0.25, 0.3) is 0 Å². The van der Waals surface area contributed by atoms with Crippen LogP contribution in [-0.4, -0.2) is 29.7 Å². The highest BCUT2D eigenvalue weighted by Gasteiger charge is 2.40. The molecule has 1 fully saturated rings. The first-order valence-electron chi connectivity index (χ1n) is 12.5. The highest BCUT2D eigenvalue weighted by molar-refractivity contribution is 5.79. The Kier molecular flexibility index (Phi) is 6.53. The molecule has 3 heteroatoms. The minimum atomic E-state index is -0.162. The molecule has 1 saturated heterocycles. The van der Waals surface area contributed by atoms with Crippen molar-refractivity contribution in [3.05, 3.63) is 71.3 Å². The minimum absolute atomic E-state index is 0.109. The van der Waals surface area contributed by atoms with Gasteiger partial charge in [0, 0.05) is 24.8 Å². The number of hydrogen-bond acceptors (Lipinski definition) is 2. The van der Waals surface area contributed by atoms with E-state index in [2.05, 4.69) is 73.4 Å². The minimum Gasteiger partial charge on any atom is -0.448 e. The van der Waals surface area contributed by atoms with Crippen LogP contribution in [0.5, 0.6) is 0 Å². The van der Waals surface area contributed by atoms with Crippen molar-refractivity contribution in [2.45, 2.75) is 76.3 Å². The zero-order valence-corrected chi connectivity index (χ0v) is 19.6. The van der Waals surface area contributed by atoms with Crippen molar-refractivity contribution in [1.82, 2.24) is 4.90 Å². The van der Waals surface area contributed by atoms with Gasteiger partial charge in [-0.2, -0.15) is 0 Å². The maximum absolute atomic E-state index is 13.2. The van der Waals surface area contributed by atoms with Crippen LogP contribution < -0.4 is 0 Å². The van der Waals surface area contributed by atoms with Crippen LogP contribution in [0.25, 0.3) is 11.1 Å². The molecular weight excluding hydrogens is 406 g/mol. The van der Waals surface area contributed by atoms with Gasteiger partial charge in [-0.3, -0.25) is 4.90 Å². The van der Waals surface area contributed by atoms with Crippen LogP contribution in [0.3, 0.4) is 0 Å². The van der Waals surface area contributed by atoms with Gasteiger partial charge in [-0.15, -0.1) is 5.92 Å². The number of unbranched alkanes of at least 4 members (excludes halogenated alkanes) is 3. The quantitative estimate of drug-likeness (QED) is 0.274. The SMILES string of the molecule is CCCCCC#CCC1=CC2CCC(C1)N2C(=O)OCC1c2ccccc2-c2ccccc21. The maximum Gasteiger partial charge on any atom is 0.410 e. The van der Waals surface area contributed by atoms with Crippen LogP contribution in [0.15, 0.2) is 60.2 Å². The molecule has 5 rings (SSSR count). The van der Waals surface area contributed by atoms with E-state index in [9.17, 15) is 4.79 Å². The summed E-state index contributed by atoms with van der Waals surface area (Å²) in [6, 6.07) is 17.4. The predicted octanol–water partition coefficient (Wildman–Crippen LogP) is 7.07. The average Bonchev–Trinajstić information content (AvgIpc) is 3.31. The lowest BCUT2D eigenvalue weighted by atomic mass is 9.98. The van der Waals surface area contributed by atoms with E-state index in [1.165, 1.54) is 47.1 Å². The van der Waals surface area contributed by atoms with Gasteiger partial charge in [0.2, 0.25) is 0 Å². The third-order valence-electron chi connectivity index (χ3n) is 7.36. The van der Waals surface area contributed by atoms with E-state index in [-0.39, 0.29) is 24.1 Å². The van der Waals surface area contributed by atoms with E-state index < -0.39 is 0 Å². The summed E-state index contributed by atoms with van der Waals surface area (Å²) in [5, 5.41) is 0. The second-order valence-corrected chi connectivity index (χ2v) is 9.53. The molecule has 2 bridgehead atoms. The molecule has 33 heavy (non-hydrogen) atoms. The molecular formula is C30H33NO2. The number of benzene rings is 2. The number of ether oxygens (including phenoxy) is 1. The highest BCUT2D eigenvalue weighted by atomic mass is 16.6. The highest BCUT2D eigenvalue weighted by Crippen LogP contribution is 2.45. The molecule has 3 nitrogen and oxygen atoms in total. The lowest BCUT2D eigenvalue weighted by molar-refractivity contribution is 0.0850. The second kappa shape index (κ2) is 9.87. The van der Waals surface area contributed by atoms with E-state index in [1.807, 2.05) is 4.90 Å². The Hall–Kier alpha value is -2.99. The van der Waals surface area contributed by atoms with Gasteiger partial charge in [-0.1, -0.05) is 85.9 Å². The van der Waals surface area contributed by atoms with Gasteiger partial charge >= 0.3 is 6.09 Å². The third-order valence-corrected chi connectivity index (χ3v) is 7.36. The Bertz CT molecular complexity index is 1060. The van der Waals surface area contributed by atoms with Crippen LogP contribution in [-0.2, 0) is 4.74 Å². The zero-order valence-electron chi connectivity index (χ0n) is 19.6. The van der Waals surface area contributed by atoms with Crippen molar-refractivity contribution >= 4 is 6.09 Å². The smallest absolute Gasteiger partial charge is 0.410 e. The Morgan fingerprint density at radius 2 is 1.73 bits per heavy atom. The Morgan fingerprint density at radius 1 is 1.00 bits per heavy atom. The molecule has 0 radical (unpaired) electrons. The molecule has 2 unspecified atom stereocenters. The predicted molar refractivity (Wildman–Crippen MR) is 133 cm³/mol. The van der Waals surface area contributed by atoms with E-state index >= 15 is 0 Å². The fourth-order valence-corrected chi connectivity index (χ4v) is 5.73. The third kappa shape index (κ3) is 4.44. The van der Waals surface area contributed by atoms with Gasteiger partial charge in [0.1, 0.15) is 6.61 Å². The lowest BCUT2D eigenvalue weighted by Crippen LogP contribution is -2.43. The van der Waals surface area contributed by atoms with Crippen LogP contribution in [0.2, 0.25) is 0 Å². The normalized spacial score (nSPS) is 20.5. The Balaban J connectivity index is 1.22. The fraction of sp³-hybridized carbons (Fsp3) is 0.433. The van der Waals surface area contributed by atoms with Gasteiger partial charge in [0.05, 0.1) is 6.04 Å². The van der Waals surface area contributed by atoms with Gasteiger partial charge in [-0.05, 0) is 47.9 Å². The van der Waals surface area contributed by atoms with Crippen molar-refractivity contribution in [2.75, 3.05) is 6.61 Å². The molecule has 0 aromatic heterocycles. The van der Waals surface area contributed by atoms with Crippen molar-refractivity contribution in [2.24, 2.45) is 0 Å². The molecule has 1 amide bonds. The molecule has 2 aromatic rings. The standard InChI is InChI=1S/C30H33NO2/c1-2-3-4-5-6-7-12-22-19-23-17-18-24(20-22)31(23)30(32)33-21-29-27-15-10-8-13-25(27)26-14-9-11-16-28(26)29/h8-11,13-16,19,23-24,29H,2-5,12,17-18,20-21H2,1H3. The van der Waals surface area contributed by atoms with Crippen LogP contribution in [0, 0.1) is 11.8 Å². The molecule has 3 aliphatic rings. The summed E-state index contributed by atoms with van der Waals surface area (Å²) in [5.41, 5.74) is 6.43. The van der Waals surface area contributed by atoms with Gasteiger partial charge in [-0.25, -0.2) is 4.79 Å². The van der Waals surface area contributed by atoms with Crippen LogP contribution in [0.1, 0.15) is 75.3 Å². The maximum atomic E-state index is 13.2. The number of rotatable bonds is 6. The van der Waals surface area contributed by atoms with Crippen molar-refractivity contribution in [3.8, 4) is 23.0 Å². The summed E-state index contributed by atoms with van der Waals surface area (Å²) in [6.45, 7) is 2.61. The first-order chi connectivity index (χ1) is 16.3. The van der Waals surface area contributed by atoms with Gasteiger partial charge in [0.15, 0.2) is 0 Å². The number of carbonyl (C=O) groups is 1. The molecule has 170 valence electrons. The molecule has 2 aromatic carbocycles. The van der Waals surface area contributed by atoms with E-state index in [1.54, 1.807) is 0 Å². The monoisotopic (exact) mass is 439 g/mol. The summed E-state index contributed by atoms with van der Waals surface area (Å²) < 4.78 is 5.96. The molecule has 0 N–H and O–H groups in total. The van der Waals surface area contributed by atoms with Crippen molar-refractivity contribution in [1.29, 1.82) is 0 Å². The summed E-state index contributed by atoms with van der Waals surface area (Å²) in [7, 11) is 0. The molecule has 0 spiro atoms. The Labute approximate surface area is 197 Å². The number of fused-ring (bicyclic) bond motifs is 5. The van der Waals surface area contributed by atoms with E-state index in [0.717, 1.165) is 32.1 Å². The molecule has 2 aliphatic heterocycles. The topological polar surface area (TPSA) is 29.5 Å². The molecule has 0 saturated carbocycles. The van der Waals surface area contributed by atoms with Crippen molar-refractivity contribution < 1.29 is 9.53 Å². The fourth-order valence-electron chi connectivity index (χ4n) is 5.73. The zero-order chi connectivity index (χ0) is 22.6. The molecule has 2 heterocycles. The second-order valence-electron chi connectivity index (χ2n) is 9.53. The van der Waals surface area contributed by atoms with Crippen LogP contribution in [0.4, 0.5) is 4.79 Å². The molecule has 1 aliphatic carbocycles. The van der Waals surface area contributed by atoms with Gasteiger partial charge < -0.3 is 4.74 Å². The average molecular weight is 440 g/mol. The summed E-state index contributed by atoms with van der Waals surface area (Å²) in [4.78, 5) is 15.1. The first-order valence-corrected chi connectivity index (χ1v) is 12.5. The summed E-state index contributed by atoms with van der Waals surface area (Å²) in [6.07, 6.45) is 10.7. The van der Waals surface area contributed by atoms with Crippen molar-refractivity contribution in [3.63, 3.8) is 0 Å². The first kappa shape index (κ1) is 21.8. The number of amides is 1. The Morgan fingerprint density at radius 3 is 2.42 bits per heavy atom. The number of nitrogens with zero attached hydrogens (tertiary/aromatic N) is 1. The summed E-state index contributed by atoms with van der Waals surface area (Å²) in [5.74, 6) is 6.79. The summed E-state index contributed by atoms with van der Waals surface area (Å²) >= 11 is 0. The number of hydrogen-bond donors (Lipinski definition) is 0. The van der Waals surface area contributed by atoms with E-state index in [0.29, 0.717) is 6.61 Å². The lowest BCUT2D eigenvalue weighted by Gasteiger charge is -2.33. The number of carbonyl (C=O) groups excluding carboxylic acids is 1.